The van der Waals surface area contributed by atoms with Crippen LogP contribution < -0.4 is 15.5 Å². The van der Waals surface area contributed by atoms with E-state index in [0.717, 1.165) is 12.8 Å². The van der Waals surface area contributed by atoms with Gasteiger partial charge in [-0.15, -0.1) is 0 Å². The van der Waals surface area contributed by atoms with E-state index in [1.54, 1.807) is 24.3 Å². The third-order valence-corrected chi connectivity index (χ3v) is 3.01. The number of rotatable bonds is 7. The van der Waals surface area contributed by atoms with Crippen molar-refractivity contribution in [1.82, 2.24) is 5.32 Å². The minimum atomic E-state index is -0.231. The van der Waals surface area contributed by atoms with Gasteiger partial charge in [-0.1, -0.05) is 19.4 Å². The minimum absolute atomic E-state index is 0.0391. The summed E-state index contributed by atoms with van der Waals surface area (Å²) in [5.74, 6) is -0.622. The zero-order chi connectivity index (χ0) is 16.5. The van der Waals surface area contributed by atoms with Crippen molar-refractivity contribution in [2.45, 2.75) is 33.6 Å². The molecule has 0 spiro atoms. The van der Waals surface area contributed by atoms with E-state index in [9.17, 15) is 14.4 Å². The molecule has 6 heteroatoms. The molecule has 0 fully saturated rings. The van der Waals surface area contributed by atoms with Crippen molar-refractivity contribution in [3.05, 3.63) is 24.3 Å². The summed E-state index contributed by atoms with van der Waals surface area (Å²) in [6.45, 7) is 5.43. The summed E-state index contributed by atoms with van der Waals surface area (Å²) in [6.07, 6.45) is 1.90. The molecule has 0 heterocycles. The first-order valence-electron chi connectivity index (χ1n) is 7.36. The van der Waals surface area contributed by atoms with Crippen LogP contribution >= 0.6 is 0 Å². The second kappa shape index (κ2) is 8.81. The lowest BCUT2D eigenvalue weighted by Crippen LogP contribution is -2.40. The second-order valence-electron chi connectivity index (χ2n) is 5.04. The van der Waals surface area contributed by atoms with E-state index in [1.807, 2.05) is 6.92 Å². The van der Waals surface area contributed by atoms with E-state index in [4.69, 9.17) is 0 Å². The number of hydrogen-bond donors (Lipinski definition) is 2. The Labute approximate surface area is 130 Å². The minimum Gasteiger partial charge on any atom is -0.355 e. The Morgan fingerprint density at radius 2 is 1.91 bits per heavy atom. The number of unbranched alkanes of at least 4 members (excludes halogenated alkanes) is 1. The van der Waals surface area contributed by atoms with Crippen LogP contribution in [0.15, 0.2) is 24.3 Å². The fourth-order valence-electron chi connectivity index (χ4n) is 1.94. The molecule has 1 rings (SSSR count). The highest BCUT2D eigenvalue weighted by Gasteiger charge is 2.16. The van der Waals surface area contributed by atoms with E-state index >= 15 is 0 Å². The fourth-order valence-corrected chi connectivity index (χ4v) is 1.94. The number of amides is 3. The van der Waals surface area contributed by atoms with E-state index in [-0.39, 0.29) is 24.3 Å². The van der Waals surface area contributed by atoms with Gasteiger partial charge in [0.1, 0.15) is 6.54 Å². The number of carbonyl (C=O) groups excluding carboxylic acids is 3. The van der Waals surface area contributed by atoms with Crippen LogP contribution in [0.2, 0.25) is 0 Å². The maximum Gasteiger partial charge on any atom is 0.240 e. The third kappa shape index (κ3) is 5.95. The Morgan fingerprint density at radius 3 is 2.50 bits per heavy atom. The van der Waals surface area contributed by atoms with E-state index in [1.165, 1.54) is 18.7 Å². The van der Waals surface area contributed by atoms with Crippen molar-refractivity contribution in [2.24, 2.45) is 0 Å². The van der Waals surface area contributed by atoms with Gasteiger partial charge < -0.3 is 15.5 Å². The number of carbonyl (C=O) groups is 3. The van der Waals surface area contributed by atoms with Crippen LogP contribution in [0.3, 0.4) is 0 Å². The van der Waals surface area contributed by atoms with Crippen molar-refractivity contribution in [1.29, 1.82) is 0 Å². The van der Waals surface area contributed by atoms with Crippen LogP contribution in [0.25, 0.3) is 0 Å². The Balaban J connectivity index is 2.80. The summed E-state index contributed by atoms with van der Waals surface area (Å²) >= 11 is 0. The van der Waals surface area contributed by atoms with Gasteiger partial charge in [0, 0.05) is 31.8 Å². The summed E-state index contributed by atoms with van der Waals surface area (Å²) in [6, 6.07) is 6.85. The summed E-state index contributed by atoms with van der Waals surface area (Å²) in [5, 5.41) is 5.44. The summed E-state index contributed by atoms with van der Waals surface area (Å²) in [5.41, 5.74) is 1.16. The van der Waals surface area contributed by atoms with Crippen LogP contribution in [0.4, 0.5) is 11.4 Å². The average Bonchev–Trinajstić information content (AvgIpc) is 2.44. The summed E-state index contributed by atoms with van der Waals surface area (Å²) in [7, 11) is 0. The molecule has 0 radical (unpaired) electrons. The highest BCUT2D eigenvalue weighted by Crippen LogP contribution is 2.19. The lowest BCUT2D eigenvalue weighted by molar-refractivity contribution is -0.123. The van der Waals surface area contributed by atoms with Gasteiger partial charge in [0.05, 0.1) is 0 Å². The molecular weight excluding hydrogens is 282 g/mol. The predicted molar refractivity (Wildman–Crippen MR) is 86.7 cm³/mol. The monoisotopic (exact) mass is 305 g/mol. The molecule has 120 valence electrons. The molecule has 0 aliphatic carbocycles. The molecule has 0 atom stereocenters. The maximum atomic E-state index is 11.9. The number of nitrogens with zero attached hydrogens (tertiary/aromatic N) is 1. The molecule has 0 bridgehead atoms. The molecule has 0 aliphatic rings. The molecule has 0 aliphatic heterocycles. The first-order chi connectivity index (χ1) is 10.4. The molecule has 0 unspecified atom stereocenters. The van der Waals surface area contributed by atoms with Crippen molar-refractivity contribution in [3.63, 3.8) is 0 Å². The third-order valence-electron chi connectivity index (χ3n) is 3.01. The molecule has 6 nitrogen and oxygen atoms in total. The fraction of sp³-hybridized carbons (Fsp3) is 0.438. The number of anilines is 2. The SMILES string of the molecule is CCCCNC(=O)CN(C(C)=O)c1cccc(NC(C)=O)c1. The number of nitrogens with one attached hydrogen (secondary N) is 2. The normalized spacial score (nSPS) is 9.95. The van der Waals surface area contributed by atoms with E-state index in [2.05, 4.69) is 10.6 Å². The Morgan fingerprint density at radius 1 is 1.18 bits per heavy atom. The zero-order valence-corrected chi connectivity index (χ0v) is 13.3. The summed E-state index contributed by atoms with van der Waals surface area (Å²) in [4.78, 5) is 36.2. The Bertz CT molecular complexity index is 543. The standard InChI is InChI=1S/C16H23N3O3/c1-4-5-9-17-16(22)11-19(13(3)21)15-8-6-7-14(10-15)18-12(2)20/h6-8,10H,4-5,9,11H2,1-3H3,(H,17,22)(H,18,20). The van der Waals surface area contributed by atoms with Crippen molar-refractivity contribution >= 4 is 29.1 Å². The molecule has 1 aromatic rings. The van der Waals surface area contributed by atoms with E-state index < -0.39 is 0 Å². The van der Waals surface area contributed by atoms with Crippen molar-refractivity contribution in [3.8, 4) is 0 Å². The lowest BCUT2D eigenvalue weighted by Gasteiger charge is -2.21. The smallest absolute Gasteiger partial charge is 0.240 e. The van der Waals surface area contributed by atoms with Crippen LogP contribution in [0.1, 0.15) is 33.6 Å². The van der Waals surface area contributed by atoms with Gasteiger partial charge >= 0.3 is 0 Å². The van der Waals surface area contributed by atoms with Crippen LogP contribution in [0.5, 0.6) is 0 Å². The topological polar surface area (TPSA) is 78.5 Å². The predicted octanol–water partition coefficient (Wildman–Crippen LogP) is 1.91. The average molecular weight is 305 g/mol. The molecule has 22 heavy (non-hydrogen) atoms. The highest BCUT2D eigenvalue weighted by atomic mass is 16.2. The first-order valence-corrected chi connectivity index (χ1v) is 7.36. The van der Waals surface area contributed by atoms with Crippen LogP contribution in [-0.2, 0) is 14.4 Å². The lowest BCUT2D eigenvalue weighted by atomic mass is 10.2. The highest BCUT2D eigenvalue weighted by molar-refractivity contribution is 5.98. The first kappa shape index (κ1) is 17.7. The maximum absolute atomic E-state index is 11.9. The van der Waals surface area contributed by atoms with Gasteiger partial charge in [0.2, 0.25) is 17.7 Å². The van der Waals surface area contributed by atoms with Gasteiger partial charge in [-0.3, -0.25) is 14.4 Å². The van der Waals surface area contributed by atoms with Gasteiger partial charge in [0.15, 0.2) is 0 Å². The van der Waals surface area contributed by atoms with Crippen LogP contribution in [0, 0.1) is 0 Å². The molecule has 1 aromatic carbocycles. The zero-order valence-electron chi connectivity index (χ0n) is 13.3. The van der Waals surface area contributed by atoms with Crippen molar-refractivity contribution in [2.75, 3.05) is 23.3 Å². The van der Waals surface area contributed by atoms with Crippen molar-refractivity contribution < 1.29 is 14.4 Å². The molecule has 2 N–H and O–H groups in total. The molecule has 0 saturated carbocycles. The van der Waals surface area contributed by atoms with Gasteiger partial charge in [0.25, 0.3) is 0 Å². The van der Waals surface area contributed by atoms with Gasteiger partial charge in [-0.05, 0) is 24.6 Å². The Hall–Kier alpha value is -2.37. The number of benzene rings is 1. The molecule has 0 saturated heterocycles. The summed E-state index contributed by atoms with van der Waals surface area (Å²) < 4.78 is 0. The quantitative estimate of drug-likeness (QED) is 0.755. The van der Waals surface area contributed by atoms with E-state index in [0.29, 0.717) is 17.9 Å². The van der Waals surface area contributed by atoms with Crippen LogP contribution in [-0.4, -0.2) is 30.8 Å². The molecule has 0 aromatic heterocycles. The second-order valence-corrected chi connectivity index (χ2v) is 5.04. The van der Waals surface area contributed by atoms with Gasteiger partial charge in [-0.2, -0.15) is 0 Å². The molecule has 3 amide bonds. The van der Waals surface area contributed by atoms with Gasteiger partial charge in [-0.25, -0.2) is 0 Å². The Kier molecular flexibility index (Phi) is 7.08. The molecular formula is C16H23N3O3. The largest absolute Gasteiger partial charge is 0.355 e. The number of hydrogen-bond acceptors (Lipinski definition) is 3.